The lowest BCUT2D eigenvalue weighted by atomic mass is 10.4. The van der Waals surface area contributed by atoms with Gasteiger partial charge in [-0.05, 0) is 25.9 Å². The Bertz CT molecular complexity index is 482. The minimum atomic E-state index is -0.227. The number of carbonyl (C=O) groups excluding carboxylic acids is 1. The van der Waals surface area contributed by atoms with Crippen molar-refractivity contribution >= 4 is 17.5 Å². The van der Waals surface area contributed by atoms with E-state index >= 15 is 0 Å². The summed E-state index contributed by atoms with van der Waals surface area (Å²) in [6.07, 6.45) is 2.51. The first kappa shape index (κ1) is 12.7. The van der Waals surface area contributed by atoms with Gasteiger partial charge in [-0.2, -0.15) is 5.10 Å². The van der Waals surface area contributed by atoms with Crippen molar-refractivity contribution in [3.05, 3.63) is 10.7 Å². The number of rotatable bonds is 4. The molecule has 0 aromatic carbocycles. The standard InChI is InChI=1S/C12H17ClN4O2/c13-9-10(15-17-7-8-19-12(9)17)11(18)14-3-6-16-4-1-2-5-16/h1-8H2,(H,14,18). The van der Waals surface area contributed by atoms with E-state index in [4.69, 9.17) is 16.3 Å². The maximum atomic E-state index is 12.0. The quantitative estimate of drug-likeness (QED) is 0.887. The third-order valence-electron chi connectivity index (χ3n) is 3.52. The van der Waals surface area contributed by atoms with Crippen LogP contribution in [0.5, 0.6) is 5.88 Å². The number of halogens is 1. The molecule has 1 aromatic rings. The molecule has 104 valence electrons. The molecule has 19 heavy (non-hydrogen) atoms. The minimum Gasteiger partial charge on any atom is -0.475 e. The molecule has 1 amide bonds. The van der Waals surface area contributed by atoms with Crippen LogP contribution in [-0.2, 0) is 6.54 Å². The van der Waals surface area contributed by atoms with E-state index in [0.29, 0.717) is 30.6 Å². The Kier molecular flexibility index (Phi) is 3.61. The zero-order chi connectivity index (χ0) is 13.2. The molecule has 1 fully saturated rings. The Balaban J connectivity index is 1.55. The zero-order valence-electron chi connectivity index (χ0n) is 10.7. The highest BCUT2D eigenvalue weighted by molar-refractivity contribution is 6.34. The van der Waals surface area contributed by atoms with E-state index in [-0.39, 0.29) is 11.6 Å². The Morgan fingerprint density at radius 3 is 2.89 bits per heavy atom. The van der Waals surface area contributed by atoms with Crippen LogP contribution in [0, 0.1) is 0 Å². The first-order valence-electron chi connectivity index (χ1n) is 6.65. The van der Waals surface area contributed by atoms with Crippen LogP contribution in [0.3, 0.4) is 0 Å². The molecular weight excluding hydrogens is 268 g/mol. The number of ether oxygens (including phenoxy) is 1. The van der Waals surface area contributed by atoms with Gasteiger partial charge in [-0.3, -0.25) is 4.79 Å². The van der Waals surface area contributed by atoms with Gasteiger partial charge in [0.1, 0.15) is 11.6 Å². The van der Waals surface area contributed by atoms with Crippen molar-refractivity contribution in [2.45, 2.75) is 19.4 Å². The largest absolute Gasteiger partial charge is 0.475 e. The minimum absolute atomic E-state index is 0.227. The fourth-order valence-electron chi connectivity index (χ4n) is 2.51. The molecule has 2 aliphatic rings. The van der Waals surface area contributed by atoms with Gasteiger partial charge in [0.2, 0.25) is 5.88 Å². The summed E-state index contributed by atoms with van der Waals surface area (Å²) >= 11 is 6.09. The summed E-state index contributed by atoms with van der Waals surface area (Å²) in [4.78, 5) is 14.3. The van der Waals surface area contributed by atoms with Crippen LogP contribution >= 0.6 is 11.6 Å². The van der Waals surface area contributed by atoms with Crippen molar-refractivity contribution in [1.82, 2.24) is 20.0 Å². The summed E-state index contributed by atoms with van der Waals surface area (Å²) in [5.74, 6) is 0.279. The summed E-state index contributed by atoms with van der Waals surface area (Å²) in [6, 6.07) is 0. The third-order valence-corrected chi connectivity index (χ3v) is 3.86. The number of carbonyl (C=O) groups is 1. The van der Waals surface area contributed by atoms with Gasteiger partial charge in [-0.15, -0.1) is 0 Å². The number of hydrogen-bond acceptors (Lipinski definition) is 4. The molecule has 0 atom stereocenters. The van der Waals surface area contributed by atoms with Gasteiger partial charge < -0.3 is 15.0 Å². The molecule has 0 spiro atoms. The van der Waals surface area contributed by atoms with E-state index < -0.39 is 0 Å². The molecule has 0 bridgehead atoms. The highest BCUT2D eigenvalue weighted by atomic mass is 35.5. The third kappa shape index (κ3) is 2.55. The highest BCUT2D eigenvalue weighted by Crippen LogP contribution is 2.30. The van der Waals surface area contributed by atoms with Gasteiger partial charge in [-0.1, -0.05) is 11.6 Å². The Morgan fingerprint density at radius 1 is 1.37 bits per heavy atom. The molecule has 3 rings (SSSR count). The van der Waals surface area contributed by atoms with E-state index in [1.165, 1.54) is 12.8 Å². The molecule has 3 heterocycles. The van der Waals surface area contributed by atoms with Gasteiger partial charge in [0.05, 0.1) is 6.54 Å². The average Bonchev–Trinajstić information content (AvgIpc) is 3.09. The molecule has 2 aliphatic heterocycles. The molecule has 7 heteroatoms. The fourth-order valence-corrected chi connectivity index (χ4v) is 2.78. The van der Waals surface area contributed by atoms with Crippen LogP contribution in [0.15, 0.2) is 0 Å². The van der Waals surface area contributed by atoms with Crippen LogP contribution < -0.4 is 10.1 Å². The average molecular weight is 285 g/mol. The Labute approximate surface area is 116 Å². The number of fused-ring (bicyclic) bond motifs is 1. The van der Waals surface area contributed by atoms with Crippen molar-refractivity contribution in [3.8, 4) is 5.88 Å². The van der Waals surface area contributed by atoms with Crippen LogP contribution in [0.2, 0.25) is 5.02 Å². The molecule has 0 unspecified atom stereocenters. The second-order valence-corrected chi connectivity index (χ2v) is 5.22. The number of hydrogen-bond donors (Lipinski definition) is 1. The Morgan fingerprint density at radius 2 is 2.16 bits per heavy atom. The predicted molar refractivity (Wildman–Crippen MR) is 70.7 cm³/mol. The van der Waals surface area contributed by atoms with Crippen LogP contribution in [0.25, 0.3) is 0 Å². The summed E-state index contributed by atoms with van der Waals surface area (Å²) < 4.78 is 6.96. The number of amides is 1. The van der Waals surface area contributed by atoms with E-state index in [2.05, 4.69) is 15.3 Å². The van der Waals surface area contributed by atoms with Crippen molar-refractivity contribution < 1.29 is 9.53 Å². The van der Waals surface area contributed by atoms with E-state index in [0.717, 1.165) is 19.6 Å². The molecule has 1 saturated heterocycles. The molecule has 1 aromatic heterocycles. The van der Waals surface area contributed by atoms with E-state index in [1.807, 2.05) is 0 Å². The van der Waals surface area contributed by atoms with Crippen LogP contribution in [-0.4, -0.2) is 53.4 Å². The number of likely N-dealkylation sites (tertiary alicyclic amines) is 1. The fraction of sp³-hybridized carbons (Fsp3) is 0.667. The molecule has 1 N–H and O–H groups in total. The molecule has 0 radical (unpaired) electrons. The van der Waals surface area contributed by atoms with Crippen molar-refractivity contribution in [3.63, 3.8) is 0 Å². The SMILES string of the molecule is O=C(NCCN1CCCC1)c1nn2c(c1Cl)OCC2. The van der Waals surface area contributed by atoms with Gasteiger partial charge in [-0.25, -0.2) is 4.68 Å². The number of nitrogens with zero attached hydrogens (tertiary/aromatic N) is 3. The first-order valence-corrected chi connectivity index (χ1v) is 7.03. The second kappa shape index (κ2) is 5.38. The second-order valence-electron chi connectivity index (χ2n) is 4.84. The highest BCUT2D eigenvalue weighted by Gasteiger charge is 2.26. The lowest BCUT2D eigenvalue weighted by molar-refractivity contribution is 0.0944. The Hall–Kier alpha value is -1.27. The smallest absolute Gasteiger partial charge is 0.273 e. The summed E-state index contributed by atoms with van der Waals surface area (Å²) in [7, 11) is 0. The first-order chi connectivity index (χ1) is 9.25. The zero-order valence-corrected chi connectivity index (χ0v) is 11.4. The predicted octanol–water partition coefficient (Wildman–Crippen LogP) is 0.754. The van der Waals surface area contributed by atoms with Crippen molar-refractivity contribution in [1.29, 1.82) is 0 Å². The molecule has 0 saturated carbocycles. The number of aromatic nitrogens is 2. The lowest BCUT2D eigenvalue weighted by Gasteiger charge is -2.14. The van der Waals surface area contributed by atoms with E-state index in [9.17, 15) is 4.79 Å². The normalized spacial score (nSPS) is 18.4. The maximum absolute atomic E-state index is 12.0. The van der Waals surface area contributed by atoms with Crippen molar-refractivity contribution in [2.24, 2.45) is 0 Å². The van der Waals surface area contributed by atoms with E-state index in [1.54, 1.807) is 4.68 Å². The molecular formula is C12H17ClN4O2. The van der Waals surface area contributed by atoms with Gasteiger partial charge in [0, 0.05) is 13.1 Å². The van der Waals surface area contributed by atoms with Crippen molar-refractivity contribution in [2.75, 3.05) is 32.8 Å². The monoisotopic (exact) mass is 284 g/mol. The topological polar surface area (TPSA) is 59.4 Å². The maximum Gasteiger partial charge on any atom is 0.273 e. The van der Waals surface area contributed by atoms with Gasteiger partial charge in [0.15, 0.2) is 5.69 Å². The van der Waals surface area contributed by atoms with Gasteiger partial charge >= 0.3 is 0 Å². The summed E-state index contributed by atoms with van der Waals surface area (Å²) in [5.41, 5.74) is 0.262. The summed E-state index contributed by atoms with van der Waals surface area (Å²) in [6.45, 7) is 4.98. The molecule has 0 aliphatic carbocycles. The van der Waals surface area contributed by atoms with Gasteiger partial charge in [0.25, 0.3) is 5.91 Å². The summed E-state index contributed by atoms with van der Waals surface area (Å²) in [5, 5.41) is 7.35. The van der Waals surface area contributed by atoms with Crippen LogP contribution in [0.1, 0.15) is 23.3 Å². The number of nitrogens with one attached hydrogen (secondary N) is 1. The molecule has 6 nitrogen and oxygen atoms in total. The lowest BCUT2D eigenvalue weighted by Crippen LogP contribution is -2.33. The van der Waals surface area contributed by atoms with Crippen LogP contribution in [0.4, 0.5) is 0 Å².